The molecule has 1 aromatic rings. The van der Waals surface area contributed by atoms with Crippen molar-refractivity contribution in [3.05, 3.63) is 29.6 Å². The number of rotatable bonds is 1. The van der Waals surface area contributed by atoms with E-state index < -0.39 is 0 Å². The van der Waals surface area contributed by atoms with E-state index in [1.807, 2.05) is 11.0 Å². The zero-order chi connectivity index (χ0) is 14.5. The molecule has 1 amide bonds. The molecule has 5 nitrogen and oxygen atoms in total. The van der Waals surface area contributed by atoms with E-state index in [-0.39, 0.29) is 11.9 Å². The molecule has 0 radical (unpaired) electrons. The van der Waals surface area contributed by atoms with Crippen LogP contribution in [0.2, 0.25) is 0 Å². The molecule has 106 valence electrons. The van der Waals surface area contributed by atoms with Gasteiger partial charge in [-0.2, -0.15) is 0 Å². The third-order valence-electron chi connectivity index (χ3n) is 3.41. The van der Waals surface area contributed by atoms with Gasteiger partial charge in [-0.3, -0.25) is 4.79 Å². The van der Waals surface area contributed by atoms with Gasteiger partial charge in [0.2, 0.25) is 0 Å². The highest BCUT2D eigenvalue weighted by Gasteiger charge is 2.26. The number of pyridine rings is 1. The predicted molar refractivity (Wildman–Crippen MR) is 78.2 cm³/mol. The first-order chi connectivity index (χ1) is 9.61. The van der Waals surface area contributed by atoms with Gasteiger partial charge in [0.05, 0.1) is 6.54 Å². The van der Waals surface area contributed by atoms with Gasteiger partial charge >= 0.3 is 0 Å². The van der Waals surface area contributed by atoms with Crippen LogP contribution in [-0.2, 0) is 0 Å². The van der Waals surface area contributed by atoms with Crippen molar-refractivity contribution < 1.29 is 4.79 Å². The predicted octanol–water partition coefficient (Wildman–Crippen LogP) is 0.168. The molecule has 1 aromatic heterocycles. The van der Waals surface area contributed by atoms with Gasteiger partial charge in [0.15, 0.2) is 0 Å². The summed E-state index contributed by atoms with van der Waals surface area (Å²) >= 11 is 0. The summed E-state index contributed by atoms with van der Waals surface area (Å²) in [5.41, 5.74) is 6.57. The van der Waals surface area contributed by atoms with Crippen LogP contribution in [-0.4, -0.2) is 60.0 Å². The summed E-state index contributed by atoms with van der Waals surface area (Å²) < 4.78 is 0. The minimum Gasteiger partial charge on any atom is -0.332 e. The Morgan fingerprint density at radius 3 is 2.90 bits per heavy atom. The molecule has 0 bridgehead atoms. The maximum Gasteiger partial charge on any atom is 0.272 e. The largest absolute Gasteiger partial charge is 0.332 e. The highest BCUT2D eigenvalue weighted by molar-refractivity contribution is 5.92. The fourth-order valence-electron chi connectivity index (χ4n) is 2.34. The molecule has 1 saturated heterocycles. The summed E-state index contributed by atoms with van der Waals surface area (Å²) in [6.07, 6.45) is 1.62. The number of nitrogens with two attached hydrogens (primary N) is 1. The average Bonchev–Trinajstić information content (AvgIpc) is 2.45. The van der Waals surface area contributed by atoms with Crippen LogP contribution in [0.5, 0.6) is 0 Å². The molecule has 1 atom stereocenters. The molecule has 1 aliphatic heterocycles. The molecule has 0 saturated carbocycles. The van der Waals surface area contributed by atoms with E-state index in [0.29, 0.717) is 12.2 Å². The first-order valence-electron chi connectivity index (χ1n) is 6.76. The maximum atomic E-state index is 12.4. The molecule has 0 aromatic carbocycles. The van der Waals surface area contributed by atoms with Gasteiger partial charge in [0.1, 0.15) is 5.69 Å². The normalized spacial score (nSPS) is 19.4. The molecule has 2 N–H and O–H groups in total. The number of carbonyl (C=O) groups is 1. The second-order valence-corrected chi connectivity index (χ2v) is 5.05. The minimum absolute atomic E-state index is 0.0102. The van der Waals surface area contributed by atoms with E-state index in [0.717, 1.165) is 25.2 Å². The Bertz CT molecular complexity index is 529. The number of amides is 1. The van der Waals surface area contributed by atoms with E-state index in [1.54, 1.807) is 12.3 Å². The Morgan fingerprint density at radius 1 is 1.50 bits per heavy atom. The molecule has 1 fully saturated rings. The van der Waals surface area contributed by atoms with Crippen molar-refractivity contribution in [2.45, 2.75) is 13.0 Å². The molecule has 2 heterocycles. The summed E-state index contributed by atoms with van der Waals surface area (Å²) in [5.74, 6) is 5.65. The number of nitrogens with zero attached hydrogens (tertiary/aromatic N) is 3. The van der Waals surface area contributed by atoms with Crippen LogP contribution in [0, 0.1) is 11.8 Å². The van der Waals surface area contributed by atoms with Gasteiger partial charge in [0, 0.05) is 37.4 Å². The van der Waals surface area contributed by atoms with E-state index >= 15 is 0 Å². The summed E-state index contributed by atoms with van der Waals surface area (Å²) in [5, 5.41) is 0. The molecule has 1 unspecified atom stereocenters. The van der Waals surface area contributed by atoms with E-state index in [2.05, 4.69) is 35.7 Å². The summed E-state index contributed by atoms with van der Waals surface area (Å²) in [7, 11) is 2.07. The van der Waals surface area contributed by atoms with Crippen molar-refractivity contribution in [2.75, 3.05) is 33.2 Å². The number of hydrogen-bond acceptors (Lipinski definition) is 4. The number of aromatic nitrogens is 1. The number of hydrogen-bond donors (Lipinski definition) is 1. The third-order valence-corrected chi connectivity index (χ3v) is 3.41. The Hall–Kier alpha value is -1.90. The van der Waals surface area contributed by atoms with Crippen LogP contribution in [0.15, 0.2) is 18.3 Å². The van der Waals surface area contributed by atoms with Crippen molar-refractivity contribution in [1.82, 2.24) is 14.8 Å². The van der Waals surface area contributed by atoms with Crippen LogP contribution < -0.4 is 5.73 Å². The summed E-state index contributed by atoms with van der Waals surface area (Å²) in [4.78, 5) is 20.8. The Morgan fingerprint density at radius 2 is 2.30 bits per heavy atom. The topological polar surface area (TPSA) is 62.5 Å². The fourth-order valence-corrected chi connectivity index (χ4v) is 2.34. The van der Waals surface area contributed by atoms with Crippen molar-refractivity contribution >= 4 is 5.91 Å². The Balaban J connectivity index is 2.09. The van der Waals surface area contributed by atoms with Crippen LogP contribution in [0.25, 0.3) is 0 Å². The SMILES string of the molecule is CC1CN(C)CCN1C(=O)c1ccc(C#CCN)cn1. The zero-order valence-corrected chi connectivity index (χ0v) is 12.0. The lowest BCUT2D eigenvalue weighted by molar-refractivity contribution is 0.0528. The van der Waals surface area contributed by atoms with Crippen LogP contribution in [0.4, 0.5) is 0 Å². The molecule has 1 aliphatic rings. The van der Waals surface area contributed by atoms with E-state index in [1.165, 1.54) is 0 Å². The molecular weight excluding hydrogens is 252 g/mol. The second kappa shape index (κ2) is 6.51. The first kappa shape index (κ1) is 14.5. The van der Waals surface area contributed by atoms with Gasteiger partial charge in [0.25, 0.3) is 5.91 Å². The lowest BCUT2D eigenvalue weighted by Gasteiger charge is -2.38. The van der Waals surface area contributed by atoms with Gasteiger partial charge in [-0.25, -0.2) is 4.98 Å². The highest BCUT2D eigenvalue weighted by atomic mass is 16.2. The van der Waals surface area contributed by atoms with Gasteiger partial charge in [-0.1, -0.05) is 11.8 Å². The molecule has 2 rings (SSSR count). The zero-order valence-electron chi connectivity index (χ0n) is 12.0. The molecule has 5 heteroatoms. The maximum absolute atomic E-state index is 12.4. The van der Waals surface area contributed by atoms with E-state index in [4.69, 9.17) is 5.73 Å². The van der Waals surface area contributed by atoms with Crippen LogP contribution >= 0.6 is 0 Å². The fraction of sp³-hybridized carbons (Fsp3) is 0.467. The van der Waals surface area contributed by atoms with Gasteiger partial charge < -0.3 is 15.5 Å². The number of carbonyl (C=O) groups excluding carboxylic acids is 1. The first-order valence-corrected chi connectivity index (χ1v) is 6.76. The number of likely N-dealkylation sites (N-methyl/N-ethyl adjacent to an activating group) is 1. The molecule has 0 aliphatic carbocycles. The van der Waals surface area contributed by atoms with E-state index in [9.17, 15) is 4.79 Å². The molecule has 0 spiro atoms. The van der Waals surface area contributed by atoms with Crippen LogP contribution in [0.3, 0.4) is 0 Å². The quantitative estimate of drug-likeness (QED) is 0.740. The molecular formula is C15H20N4O. The average molecular weight is 272 g/mol. The summed E-state index contributed by atoms with van der Waals surface area (Å²) in [6.45, 7) is 4.92. The number of piperazine rings is 1. The van der Waals surface area contributed by atoms with Gasteiger partial charge in [-0.05, 0) is 26.1 Å². The van der Waals surface area contributed by atoms with Crippen molar-refractivity contribution in [3.8, 4) is 11.8 Å². The summed E-state index contributed by atoms with van der Waals surface area (Å²) in [6, 6.07) is 3.75. The monoisotopic (exact) mass is 272 g/mol. The Labute approximate surface area is 119 Å². The van der Waals surface area contributed by atoms with Crippen molar-refractivity contribution in [1.29, 1.82) is 0 Å². The van der Waals surface area contributed by atoms with Crippen molar-refractivity contribution in [2.24, 2.45) is 5.73 Å². The lowest BCUT2D eigenvalue weighted by atomic mass is 10.1. The smallest absolute Gasteiger partial charge is 0.272 e. The Kier molecular flexibility index (Phi) is 4.72. The van der Waals surface area contributed by atoms with Crippen molar-refractivity contribution in [3.63, 3.8) is 0 Å². The lowest BCUT2D eigenvalue weighted by Crippen LogP contribution is -2.52. The highest BCUT2D eigenvalue weighted by Crippen LogP contribution is 2.12. The third kappa shape index (κ3) is 3.35. The minimum atomic E-state index is -0.0102. The molecule has 20 heavy (non-hydrogen) atoms. The van der Waals surface area contributed by atoms with Gasteiger partial charge in [-0.15, -0.1) is 0 Å². The van der Waals surface area contributed by atoms with Crippen LogP contribution in [0.1, 0.15) is 23.0 Å². The standard InChI is InChI=1S/C15H20N4O/c1-12-11-18(2)8-9-19(12)15(20)14-6-5-13(10-17-14)4-3-7-16/h5-6,10,12H,7-9,11,16H2,1-2H3. The second-order valence-electron chi connectivity index (χ2n) is 5.05.